The van der Waals surface area contributed by atoms with Crippen LogP contribution in [0.2, 0.25) is 0 Å². The largest absolute Gasteiger partial charge is 0.385 e. The zero-order valence-electron chi connectivity index (χ0n) is 10.8. The second-order valence-electron chi connectivity index (χ2n) is 3.98. The Bertz CT molecular complexity index is 304. The topological polar surface area (TPSA) is 37.0 Å². The molecule has 0 spiro atoms. The third-order valence-corrected chi connectivity index (χ3v) is 3.12. The molecule has 0 aliphatic rings. The van der Waals surface area contributed by atoms with E-state index >= 15 is 0 Å². The van der Waals surface area contributed by atoms with Crippen LogP contribution in [0.1, 0.15) is 26.2 Å². The van der Waals surface area contributed by atoms with Crippen LogP contribution in [0.4, 0.5) is 11.5 Å². The van der Waals surface area contributed by atoms with Crippen molar-refractivity contribution in [1.29, 1.82) is 0 Å². The van der Waals surface area contributed by atoms with Gasteiger partial charge in [0.05, 0.1) is 0 Å². The number of rotatable bonds is 9. The summed E-state index contributed by atoms with van der Waals surface area (Å²) in [5.74, 6) is 2.21. The molecule has 1 heterocycles. The van der Waals surface area contributed by atoms with Gasteiger partial charge in [-0.1, -0.05) is 6.92 Å². The predicted molar refractivity (Wildman–Crippen MR) is 79.1 cm³/mol. The fraction of sp³-hybridized carbons (Fsp3) is 0.615. The Morgan fingerprint density at radius 3 is 2.88 bits per heavy atom. The second kappa shape index (κ2) is 9.16. The number of thioether (sulfide) groups is 1. The van der Waals surface area contributed by atoms with E-state index in [-0.39, 0.29) is 0 Å². The molecule has 96 valence electrons. The summed E-state index contributed by atoms with van der Waals surface area (Å²) in [6.45, 7) is 4.17. The van der Waals surface area contributed by atoms with Crippen LogP contribution in [-0.2, 0) is 0 Å². The van der Waals surface area contributed by atoms with Gasteiger partial charge in [-0.05, 0) is 37.3 Å². The smallest absolute Gasteiger partial charge is 0.127 e. The molecule has 0 amide bonds. The van der Waals surface area contributed by atoms with E-state index in [1.165, 1.54) is 18.6 Å². The molecule has 0 unspecified atom stereocenters. The highest BCUT2D eigenvalue weighted by Crippen LogP contribution is 2.12. The Hall–Kier alpha value is -0.900. The van der Waals surface area contributed by atoms with Crippen molar-refractivity contribution in [3.05, 3.63) is 18.3 Å². The zero-order valence-corrected chi connectivity index (χ0v) is 11.6. The number of nitrogens with one attached hydrogen (secondary N) is 2. The highest BCUT2D eigenvalue weighted by atomic mass is 32.2. The Kier molecular flexibility index (Phi) is 7.63. The van der Waals surface area contributed by atoms with Gasteiger partial charge in [-0.3, -0.25) is 0 Å². The summed E-state index contributed by atoms with van der Waals surface area (Å²) in [6.07, 6.45) is 7.62. The van der Waals surface area contributed by atoms with Crippen LogP contribution in [0.15, 0.2) is 18.3 Å². The number of nitrogens with zero attached hydrogens (tertiary/aromatic N) is 1. The van der Waals surface area contributed by atoms with Crippen molar-refractivity contribution in [3.8, 4) is 0 Å². The number of hydrogen-bond donors (Lipinski definition) is 2. The van der Waals surface area contributed by atoms with Crippen molar-refractivity contribution in [2.75, 3.05) is 35.7 Å². The van der Waals surface area contributed by atoms with Gasteiger partial charge in [0.25, 0.3) is 0 Å². The van der Waals surface area contributed by atoms with Gasteiger partial charge < -0.3 is 10.6 Å². The average molecular weight is 253 g/mol. The highest BCUT2D eigenvalue weighted by Gasteiger charge is 1.96. The number of aromatic nitrogens is 1. The number of pyridine rings is 1. The summed E-state index contributed by atoms with van der Waals surface area (Å²) in [4.78, 5) is 4.28. The van der Waals surface area contributed by atoms with Crippen molar-refractivity contribution in [3.63, 3.8) is 0 Å². The van der Waals surface area contributed by atoms with Crippen molar-refractivity contribution in [2.24, 2.45) is 0 Å². The minimum Gasteiger partial charge on any atom is -0.385 e. The van der Waals surface area contributed by atoms with E-state index in [2.05, 4.69) is 34.9 Å². The van der Waals surface area contributed by atoms with Gasteiger partial charge in [0.2, 0.25) is 0 Å². The zero-order chi connectivity index (χ0) is 12.3. The first-order valence-electron chi connectivity index (χ1n) is 6.29. The number of unbranched alkanes of at least 4 members (excludes halogenated alkanes) is 1. The number of hydrogen-bond acceptors (Lipinski definition) is 4. The van der Waals surface area contributed by atoms with E-state index in [1.807, 2.05) is 24.0 Å². The molecule has 0 aliphatic carbocycles. The Morgan fingerprint density at radius 1 is 1.24 bits per heavy atom. The fourth-order valence-corrected chi connectivity index (χ4v) is 1.99. The first-order valence-corrected chi connectivity index (χ1v) is 7.69. The molecule has 4 heteroatoms. The van der Waals surface area contributed by atoms with Crippen molar-refractivity contribution >= 4 is 23.3 Å². The van der Waals surface area contributed by atoms with E-state index in [1.54, 1.807) is 0 Å². The third kappa shape index (κ3) is 6.41. The van der Waals surface area contributed by atoms with Gasteiger partial charge in [-0.15, -0.1) is 0 Å². The maximum Gasteiger partial charge on any atom is 0.127 e. The predicted octanol–water partition coefficient (Wildman–Crippen LogP) is 3.46. The summed E-state index contributed by atoms with van der Waals surface area (Å²) in [5, 5.41) is 6.72. The maximum atomic E-state index is 4.28. The molecular formula is C13H23N3S. The molecule has 1 aromatic rings. The number of anilines is 2. The monoisotopic (exact) mass is 253 g/mol. The van der Waals surface area contributed by atoms with Gasteiger partial charge in [0.15, 0.2) is 0 Å². The van der Waals surface area contributed by atoms with Crippen LogP contribution >= 0.6 is 11.8 Å². The summed E-state index contributed by atoms with van der Waals surface area (Å²) < 4.78 is 0. The van der Waals surface area contributed by atoms with E-state index in [0.29, 0.717) is 0 Å². The first kappa shape index (κ1) is 14.2. The molecule has 17 heavy (non-hydrogen) atoms. The van der Waals surface area contributed by atoms with Gasteiger partial charge in [-0.25, -0.2) is 4.98 Å². The van der Waals surface area contributed by atoms with Gasteiger partial charge >= 0.3 is 0 Å². The van der Waals surface area contributed by atoms with Crippen LogP contribution in [-0.4, -0.2) is 30.1 Å². The molecule has 1 rings (SSSR count). The first-order chi connectivity index (χ1) is 8.36. The lowest BCUT2D eigenvalue weighted by atomic mass is 10.3. The molecule has 0 saturated heterocycles. The van der Waals surface area contributed by atoms with Crippen molar-refractivity contribution in [1.82, 2.24) is 4.98 Å². The summed E-state index contributed by atoms with van der Waals surface area (Å²) in [5.41, 5.74) is 1.16. The second-order valence-corrected chi connectivity index (χ2v) is 4.97. The summed E-state index contributed by atoms with van der Waals surface area (Å²) in [7, 11) is 0. The lowest BCUT2D eigenvalue weighted by Gasteiger charge is -2.08. The van der Waals surface area contributed by atoms with Crippen molar-refractivity contribution in [2.45, 2.75) is 26.2 Å². The van der Waals surface area contributed by atoms with Crippen LogP contribution < -0.4 is 10.6 Å². The molecule has 0 atom stereocenters. The molecular weight excluding hydrogens is 230 g/mol. The summed E-state index contributed by atoms with van der Waals surface area (Å²) >= 11 is 1.91. The van der Waals surface area contributed by atoms with E-state index in [4.69, 9.17) is 0 Å². The van der Waals surface area contributed by atoms with Crippen LogP contribution in [0.5, 0.6) is 0 Å². The quantitative estimate of drug-likeness (QED) is 0.661. The van der Waals surface area contributed by atoms with E-state index in [9.17, 15) is 0 Å². The molecule has 0 bridgehead atoms. The summed E-state index contributed by atoms with van der Waals surface area (Å²) in [6, 6.07) is 4.09. The highest BCUT2D eigenvalue weighted by molar-refractivity contribution is 7.98. The normalized spacial score (nSPS) is 10.2. The molecule has 0 fully saturated rings. The van der Waals surface area contributed by atoms with E-state index in [0.717, 1.165) is 31.0 Å². The molecule has 0 radical (unpaired) electrons. The lowest BCUT2D eigenvalue weighted by Crippen LogP contribution is -2.05. The Labute approximate surface area is 109 Å². The molecule has 0 aliphatic heterocycles. The van der Waals surface area contributed by atoms with Crippen LogP contribution in [0.25, 0.3) is 0 Å². The van der Waals surface area contributed by atoms with Crippen molar-refractivity contribution < 1.29 is 0 Å². The lowest BCUT2D eigenvalue weighted by molar-refractivity contribution is 0.843. The Balaban J connectivity index is 2.27. The molecule has 3 nitrogen and oxygen atoms in total. The molecule has 1 aromatic heterocycles. The molecule has 0 saturated carbocycles. The molecule has 0 aromatic carbocycles. The minimum absolute atomic E-state index is 0.959. The third-order valence-electron chi connectivity index (χ3n) is 2.42. The Morgan fingerprint density at radius 2 is 2.12 bits per heavy atom. The van der Waals surface area contributed by atoms with Gasteiger partial charge in [0, 0.05) is 31.0 Å². The van der Waals surface area contributed by atoms with Crippen LogP contribution in [0, 0.1) is 0 Å². The van der Waals surface area contributed by atoms with Crippen LogP contribution in [0.3, 0.4) is 0 Å². The standard InChI is InChI=1S/C13H23N3S/c1-3-7-15-13-11-12(6-9-16-13)14-8-4-5-10-17-2/h6,9,11H,3-5,7-8,10H2,1-2H3,(H2,14,15,16). The minimum atomic E-state index is 0.959. The van der Waals surface area contributed by atoms with Gasteiger partial charge in [-0.2, -0.15) is 11.8 Å². The average Bonchev–Trinajstić information content (AvgIpc) is 2.37. The fourth-order valence-electron chi connectivity index (χ4n) is 1.49. The SMILES string of the molecule is CCCNc1cc(NCCCCSC)ccn1. The molecule has 2 N–H and O–H groups in total. The maximum absolute atomic E-state index is 4.28. The van der Waals surface area contributed by atoms with E-state index < -0.39 is 0 Å². The van der Waals surface area contributed by atoms with Gasteiger partial charge in [0.1, 0.15) is 5.82 Å².